The molecule has 2 aliphatic rings. The minimum atomic E-state index is 0.217. The molecule has 1 saturated carbocycles. The highest BCUT2D eigenvalue weighted by atomic mass is 79.9. The maximum atomic E-state index is 9.28. The molecule has 0 spiro atoms. The summed E-state index contributed by atoms with van der Waals surface area (Å²) in [6.45, 7) is 12.4. The summed E-state index contributed by atoms with van der Waals surface area (Å²) in [4.78, 5) is 5.18. The number of hydrogen-bond acceptors (Lipinski definition) is 4. The first-order valence-corrected chi connectivity index (χ1v) is 14.3. The van der Waals surface area contributed by atoms with E-state index in [2.05, 4.69) is 64.7 Å². The lowest BCUT2D eigenvalue weighted by Crippen LogP contribution is -2.39. The SMILES string of the molecule is CCN(CCO)[C@H]1CC[C@H](CCCN2CCC(Cc3cc(OC(C)C)ccc3Br)CC2)CC1. The molecular formula is C28H47BrN2O2. The van der Waals surface area contributed by atoms with Crippen LogP contribution in [0.25, 0.3) is 0 Å². The minimum absolute atomic E-state index is 0.217. The molecule has 1 aliphatic heterocycles. The Morgan fingerprint density at radius 3 is 2.45 bits per heavy atom. The van der Waals surface area contributed by atoms with E-state index in [0.29, 0.717) is 12.6 Å². The Balaban J connectivity index is 1.32. The first kappa shape index (κ1) is 27.0. The van der Waals surface area contributed by atoms with Crippen LogP contribution in [0.2, 0.25) is 0 Å². The van der Waals surface area contributed by atoms with Crippen LogP contribution >= 0.6 is 15.9 Å². The molecule has 1 saturated heterocycles. The van der Waals surface area contributed by atoms with Crippen molar-refractivity contribution in [1.29, 1.82) is 0 Å². The number of likely N-dealkylation sites (N-methyl/N-ethyl adjacent to an activating group) is 1. The second-order valence-electron chi connectivity index (χ2n) is 10.6. The highest BCUT2D eigenvalue weighted by Crippen LogP contribution is 2.32. The molecule has 1 aliphatic carbocycles. The third kappa shape index (κ3) is 8.83. The lowest BCUT2D eigenvalue weighted by atomic mass is 9.82. The second kappa shape index (κ2) is 14.1. The highest BCUT2D eigenvalue weighted by molar-refractivity contribution is 9.10. The number of aliphatic hydroxyl groups excluding tert-OH is 1. The van der Waals surface area contributed by atoms with E-state index in [1.54, 1.807) is 0 Å². The van der Waals surface area contributed by atoms with Gasteiger partial charge in [-0.25, -0.2) is 0 Å². The normalized spacial score (nSPS) is 22.9. The number of halogens is 1. The van der Waals surface area contributed by atoms with Crippen molar-refractivity contribution < 1.29 is 9.84 Å². The zero-order valence-corrected chi connectivity index (χ0v) is 22.9. The summed E-state index contributed by atoms with van der Waals surface area (Å²) < 4.78 is 7.12. The average Bonchev–Trinajstić information content (AvgIpc) is 2.81. The maximum absolute atomic E-state index is 9.28. The van der Waals surface area contributed by atoms with E-state index in [1.165, 1.54) is 81.0 Å². The number of rotatable bonds is 12. The van der Waals surface area contributed by atoms with Gasteiger partial charge in [0.1, 0.15) is 5.75 Å². The third-order valence-corrected chi connectivity index (χ3v) is 8.59. The smallest absolute Gasteiger partial charge is 0.120 e. The van der Waals surface area contributed by atoms with Crippen molar-refractivity contribution in [2.45, 2.75) is 90.7 Å². The van der Waals surface area contributed by atoms with Crippen LogP contribution in [0, 0.1) is 11.8 Å². The Morgan fingerprint density at radius 1 is 1.09 bits per heavy atom. The average molecular weight is 524 g/mol. The van der Waals surface area contributed by atoms with Gasteiger partial charge < -0.3 is 14.7 Å². The molecule has 0 bridgehead atoms. The van der Waals surface area contributed by atoms with Gasteiger partial charge >= 0.3 is 0 Å². The topological polar surface area (TPSA) is 35.9 Å². The van der Waals surface area contributed by atoms with Gasteiger partial charge in [-0.1, -0.05) is 22.9 Å². The summed E-state index contributed by atoms with van der Waals surface area (Å²) in [5.41, 5.74) is 1.39. The van der Waals surface area contributed by atoms with Gasteiger partial charge in [-0.2, -0.15) is 0 Å². The lowest BCUT2D eigenvalue weighted by Gasteiger charge is -2.36. The quantitative estimate of drug-likeness (QED) is 0.357. The summed E-state index contributed by atoms with van der Waals surface area (Å²) >= 11 is 3.75. The molecule has 3 rings (SSSR count). The van der Waals surface area contributed by atoms with E-state index in [9.17, 15) is 5.11 Å². The largest absolute Gasteiger partial charge is 0.491 e. The molecule has 4 nitrogen and oxygen atoms in total. The van der Waals surface area contributed by atoms with Crippen molar-refractivity contribution in [1.82, 2.24) is 9.80 Å². The van der Waals surface area contributed by atoms with Gasteiger partial charge in [0.25, 0.3) is 0 Å². The molecule has 0 amide bonds. The Morgan fingerprint density at radius 2 is 1.82 bits per heavy atom. The van der Waals surface area contributed by atoms with Crippen molar-refractivity contribution in [2.24, 2.45) is 11.8 Å². The van der Waals surface area contributed by atoms with Crippen LogP contribution in [-0.4, -0.2) is 66.4 Å². The molecule has 188 valence electrons. The number of aliphatic hydroxyl groups is 1. The van der Waals surface area contributed by atoms with Crippen LogP contribution < -0.4 is 4.74 Å². The number of likely N-dealkylation sites (tertiary alicyclic amines) is 1. The fraction of sp³-hybridized carbons (Fsp3) is 0.786. The van der Waals surface area contributed by atoms with Crippen molar-refractivity contribution in [3.05, 3.63) is 28.2 Å². The van der Waals surface area contributed by atoms with Crippen molar-refractivity contribution in [2.75, 3.05) is 39.3 Å². The molecule has 1 heterocycles. The molecule has 0 radical (unpaired) electrons. The first-order valence-electron chi connectivity index (χ1n) is 13.5. The summed E-state index contributed by atoms with van der Waals surface area (Å²) in [5.74, 6) is 2.69. The van der Waals surface area contributed by atoms with Gasteiger partial charge in [0.2, 0.25) is 0 Å². The van der Waals surface area contributed by atoms with Gasteiger partial charge in [-0.05, 0) is 133 Å². The zero-order chi connectivity index (χ0) is 23.6. The Bertz CT molecular complexity index is 682. The van der Waals surface area contributed by atoms with Crippen molar-refractivity contribution in [3.63, 3.8) is 0 Å². The molecular weight excluding hydrogens is 476 g/mol. The van der Waals surface area contributed by atoms with E-state index in [0.717, 1.165) is 37.1 Å². The van der Waals surface area contributed by atoms with Gasteiger partial charge in [0.15, 0.2) is 0 Å². The predicted molar refractivity (Wildman–Crippen MR) is 142 cm³/mol. The van der Waals surface area contributed by atoms with Crippen molar-refractivity contribution in [3.8, 4) is 5.75 Å². The zero-order valence-electron chi connectivity index (χ0n) is 21.3. The van der Waals surface area contributed by atoms with E-state index in [4.69, 9.17) is 4.74 Å². The maximum Gasteiger partial charge on any atom is 0.120 e. The molecule has 1 aromatic rings. The summed E-state index contributed by atoms with van der Waals surface area (Å²) in [6.07, 6.45) is 12.1. The second-order valence-corrected chi connectivity index (χ2v) is 11.4. The molecule has 0 atom stereocenters. The molecule has 0 unspecified atom stereocenters. The molecule has 5 heteroatoms. The van der Waals surface area contributed by atoms with E-state index >= 15 is 0 Å². The number of ether oxygens (including phenoxy) is 1. The Kier molecular flexibility index (Phi) is 11.5. The molecule has 2 fully saturated rings. The third-order valence-electron chi connectivity index (χ3n) is 7.82. The van der Waals surface area contributed by atoms with Gasteiger partial charge in [-0.3, -0.25) is 4.90 Å². The van der Waals surface area contributed by atoms with Crippen LogP contribution in [0.1, 0.15) is 77.7 Å². The fourth-order valence-corrected chi connectivity index (χ4v) is 6.32. The Labute approximate surface area is 211 Å². The minimum Gasteiger partial charge on any atom is -0.491 e. The van der Waals surface area contributed by atoms with Crippen LogP contribution in [0.15, 0.2) is 22.7 Å². The Hall–Kier alpha value is -0.620. The van der Waals surface area contributed by atoms with E-state index in [1.807, 2.05) is 0 Å². The van der Waals surface area contributed by atoms with E-state index < -0.39 is 0 Å². The molecule has 1 aromatic carbocycles. The van der Waals surface area contributed by atoms with Crippen LogP contribution in [0.5, 0.6) is 5.75 Å². The number of nitrogens with zero attached hydrogens (tertiary/aromatic N) is 2. The van der Waals surface area contributed by atoms with E-state index in [-0.39, 0.29) is 6.10 Å². The van der Waals surface area contributed by atoms with Crippen LogP contribution in [-0.2, 0) is 6.42 Å². The summed E-state index contributed by atoms with van der Waals surface area (Å²) in [5, 5.41) is 9.28. The van der Waals surface area contributed by atoms with Crippen molar-refractivity contribution >= 4 is 15.9 Å². The molecule has 1 N–H and O–H groups in total. The number of hydrogen-bond donors (Lipinski definition) is 1. The van der Waals surface area contributed by atoms with Crippen LogP contribution in [0.4, 0.5) is 0 Å². The van der Waals surface area contributed by atoms with Crippen LogP contribution in [0.3, 0.4) is 0 Å². The predicted octanol–water partition coefficient (Wildman–Crippen LogP) is 6.14. The van der Waals surface area contributed by atoms with Gasteiger partial charge in [0, 0.05) is 17.1 Å². The molecule has 0 aromatic heterocycles. The molecule has 33 heavy (non-hydrogen) atoms. The highest BCUT2D eigenvalue weighted by Gasteiger charge is 2.25. The summed E-state index contributed by atoms with van der Waals surface area (Å²) in [7, 11) is 0. The number of piperidine rings is 1. The summed E-state index contributed by atoms with van der Waals surface area (Å²) in [6, 6.07) is 7.14. The van der Waals surface area contributed by atoms with Gasteiger partial charge in [0.05, 0.1) is 12.7 Å². The fourth-order valence-electron chi connectivity index (χ4n) is 5.91. The monoisotopic (exact) mass is 522 g/mol. The first-order chi connectivity index (χ1) is 16.0. The number of benzene rings is 1. The standard InChI is InChI=1S/C28H47BrN2O2/c1-4-31(18-19-32)26-9-7-23(8-10-26)6-5-15-30-16-13-24(14-17-30)20-25-21-27(33-22(2)3)11-12-28(25)29/h11-12,21-24,26,32H,4-10,13-20H2,1-3H3/t23-,26-. The van der Waals surface area contributed by atoms with Gasteiger partial charge in [-0.15, -0.1) is 0 Å². The lowest BCUT2D eigenvalue weighted by molar-refractivity contribution is 0.112.